The van der Waals surface area contributed by atoms with Crippen LogP contribution in [0, 0.1) is 5.92 Å². The van der Waals surface area contributed by atoms with Crippen molar-refractivity contribution in [2.75, 3.05) is 18.0 Å². The van der Waals surface area contributed by atoms with Crippen LogP contribution < -0.4 is 10.6 Å². The first kappa shape index (κ1) is 12.4. The highest BCUT2D eigenvalue weighted by atomic mass is 16.4. The van der Waals surface area contributed by atoms with Crippen LogP contribution in [-0.2, 0) is 4.79 Å². The van der Waals surface area contributed by atoms with Crippen LogP contribution in [0.4, 0.5) is 5.69 Å². The number of hydrogen-bond donors (Lipinski definition) is 2. The third-order valence-electron chi connectivity index (χ3n) is 3.27. The lowest BCUT2D eigenvalue weighted by molar-refractivity contribution is -0.137. The number of nitrogens with two attached hydrogens (primary N) is 1. The Morgan fingerprint density at radius 1 is 1.33 bits per heavy atom. The van der Waals surface area contributed by atoms with Crippen molar-refractivity contribution in [3.63, 3.8) is 0 Å². The van der Waals surface area contributed by atoms with Crippen molar-refractivity contribution in [1.29, 1.82) is 0 Å². The molecule has 1 aliphatic heterocycles. The summed E-state index contributed by atoms with van der Waals surface area (Å²) in [6, 6.07) is 7.09. The van der Waals surface area contributed by atoms with E-state index in [0.29, 0.717) is 5.56 Å². The third-order valence-corrected chi connectivity index (χ3v) is 3.27. The van der Waals surface area contributed by atoms with Gasteiger partial charge >= 0.3 is 5.97 Å². The molecule has 5 heteroatoms. The molecule has 1 aromatic rings. The SMILES string of the molecule is NC(=O)c1ccc(N2CCC(CC(=O)O)C2)cc1. The Bertz CT molecular complexity index is 456. The summed E-state index contributed by atoms with van der Waals surface area (Å²) in [5.41, 5.74) is 6.67. The third kappa shape index (κ3) is 2.80. The average molecular weight is 248 g/mol. The molecule has 0 aliphatic carbocycles. The molecule has 0 saturated carbocycles. The molecule has 1 fully saturated rings. The summed E-state index contributed by atoms with van der Waals surface area (Å²) in [5.74, 6) is -0.976. The molecule has 1 aliphatic rings. The lowest BCUT2D eigenvalue weighted by atomic mass is 10.1. The number of benzene rings is 1. The zero-order chi connectivity index (χ0) is 13.1. The van der Waals surface area contributed by atoms with Gasteiger partial charge in [0.1, 0.15) is 0 Å². The van der Waals surface area contributed by atoms with Crippen LogP contribution in [-0.4, -0.2) is 30.1 Å². The molecule has 18 heavy (non-hydrogen) atoms. The van der Waals surface area contributed by atoms with Gasteiger partial charge in [-0.2, -0.15) is 0 Å². The highest BCUT2D eigenvalue weighted by Gasteiger charge is 2.24. The van der Waals surface area contributed by atoms with E-state index < -0.39 is 11.9 Å². The molecule has 1 saturated heterocycles. The van der Waals surface area contributed by atoms with Gasteiger partial charge in [0, 0.05) is 30.8 Å². The molecule has 0 bridgehead atoms. The molecule has 0 aromatic heterocycles. The summed E-state index contributed by atoms with van der Waals surface area (Å²) in [7, 11) is 0. The largest absolute Gasteiger partial charge is 0.481 e. The standard InChI is InChI=1S/C13H16N2O3/c14-13(18)10-1-3-11(4-2-10)15-6-5-9(8-15)7-12(16)17/h1-4,9H,5-8H2,(H2,14,18)(H,16,17). The Balaban J connectivity index is 2.01. The molecular weight excluding hydrogens is 232 g/mol. The van der Waals surface area contributed by atoms with E-state index in [0.717, 1.165) is 25.2 Å². The summed E-state index contributed by atoms with van der Waals surface area (Å²) < 4.78 is 0. The summed E-state index contributed by atoms with van der Waals surface area (Å²) in [4.78, 5) is 23.7. The van der Waals surface area contributed by atoms with Crippen molar-refractivity contribution >= 4 is 17.6 Å². The number of rotatable bonds is 4. The van der Waals surface area contributed by atoms with Crippen LogP contribution >= 0.6 is 0 Å². The maximum Gasteiger partial charge on any atom is 0.303 e. The fourth-order valence-corrected chi connectivity index (χ4v) is 2.32. The quantitative estimate of drug-likeness (QED) is 0.835. The minimum absolute atomic E-state index is 0.207. The second-order valence-corrected chi connectivity index (χ2v) is 4.61. The summed E-state index contributed by atoms with van der Waals surface area (Å²) >= 11 is 0. The van der Waals surface area contributed by atoms with E-state index in [-0.39, 0.29) is 12.3 Å². The number of carbonyl (C=O) groups is 2. The van der Waals surface area contributed by atoms with Crippen LogP contribution in [0.5, 0.6) is 0 Å². The van der Waals surface area contributed by atoms with Crippen LogP contribution in [0.25, 0.3) is 0 Å². The molecule has 3 N–H and O–H groups in total. The number of primary amides is 1. The predicted octanol–water partition coefficient (Wildman–Crippen LogP) is 1.09. The summed E-state index contributed by atoms with van der Waals surface area (Å²) in [6.45, 7) is 1.61. The lowest BCUT2D eigenvalue weighted by Gasteiger charge is -2.18. The zero-order valence-electron chi connectivity index (χ0n) is 10.0. The topological polar surface area (TPSA) is 83.6 Å². The molecule has 5 nitrogen and oxygen atoms in total. The molecule has 1 amide bonds. The van der Waals surface area contributed by atoms with Crippen LogP contribution in [0.15, 0.2) is 24.3 Å². The highest BCUT2D eigenvalue weighted by Crippen LogP contribution is 2.25. The Morgan fingerprint density at radius 3 is 2.56 bits per heavy atom. The zero-order valence-corrected chi connectivity index (χ0v) is 10.0. The Morgan fingerprint density at radius 2 is 2.00 bits per heavy atom. The van der Waals surface area contributed by atoms with Crippen molar-refractivity contribution in [3.8, 4) is 0 Å². The molecule has 1 heterocycles. The second kappa shape index (κ2) is 5.08. The van der Waals surface area contributed by atoms with Crippen LogP contribution in [0.2, 0.25) is 0 Å². The number of amides is 1. The van der Waals surface area contributed by atoms with Crippen LogP contribution in [0.1, 0.15) is 23.2 Å². The van der Waals surface area contributed by atoms with Gasteiger partial charge in [0.25, 0.3) is 0 Å². The Labute approximate surface area is 105 Å². The van der Waals surface area contributed by atoms with Crippen molar-refractivity contribution < 1.29 is 14.7 Å². The van der Waals surface area contributed by atoms with Crippen molar-refractivity contribution in [2.45, 2.75) is 12.8 Å². The summed E-state index contributed by atoms with van der Waals surface area (Å²) in [5, 5.41) is 8.76. The second-order valence-electron chi connectivity index (χ2n) is 4.61. The first-order chi connectivity index (χ1) is 8.56. The molecule has 0 spiro atoms. The highest BCUT2D eigenvalue weighted by molar-refractivity contribution is 5.93. The van der Waals surface area contributed by atoms with Crippen molar-refractivity contribution in [2.24, 2.45) is 11.7 Å². The van der Waals surface area contributed by atoms with E-state index in [1.807, 2.05) is 12.1 Å². The number of hydrogen-bond acceptors (Lipinski definition) is 3. The fourth-order valence-electron chi connectivity index (χ4n) is 2.32. The van der Waals surface area contributed by atoms with Crippen molar-refractivity contribution in [3.05, 3.63) is 29.8 Å². The van der Waals surface area contributed by atoms with Gasteiger partial charge in [-0.3, -0.25) is 9.59 Å². The Hall–Kier alpha value is -2.04. The van der Waals surface area contributed by atoms with Gasteiger partial charge in [-0.1, -0.05) is 0 Å². The van der Waals surface area contributed by atoms with Crippen molar-refractivity contribution in [1.82, 2.24) is 0 Å². The van der Waals surface area contributed by atoms with Gasteiger partial charge in [0.05, 0.1) is 0 Å². The molecule has 1 atom stereocenters. The first-order valence-corrected chi connectivity index (χ1v) is 5.93. The number of carbonyl (C=O) groups excluding carboxylic acids is 1. The van der Waals surface area contributed by atoms with E-state index in [1.54, 1.807) is 12.1 Å². The van der Waals surface area contributed by atoms with Gasteiger partial charge in [-0.15, -0.1) is 0 Å². The maximum absolute atomic E-state index is 11.0. The van der Waals surface area contributed by atoms with Gasteiger partial charge in [-0.05, 0) is 36.6 Å². The monoisotopic (exact) mass is 248 g/mol. The minimum atomic E-state index is -0.745. The normalized spacial score (nSPS) is 18.9. The molecule has 2 rings (SSSR count). The number of carboxylic acid groups (broad SMARTS) is 1. The molecule has 0 radical (unpaired) electrons. The first-order valence-electron chi connectivity index (χ1n) is 5.93. The molecule has 1 unspecified atom stereocenters. The molecular formula is C13H16N2O3. The van der Waals surface area contributed by atoms with Gasteiger partial charge in [0.2, 0.25) is 5.91 Å². The van der Waals surface area contributed by atoms with Gasteiger partial charge in [-0.25, -0.2) is 0 Å². The van der Waals surface area contributed by atoms with E-state index in [9.17, 15) is 9.59 Å². The van der Waals surface area contributed by atoms with E-state index in [1.165, 1.54) is 0 Å². The average Bonchev–Trinajstić information content (AvgIpc) is 2.76. The fraction of sp³-hybridized carbons (Fsp3) is 0.385. The minimum Gasteiger partial charge on any atom is -0.481 e. The number of aliphatic carboxylic acids is 1. The van der Waals surface area contributed by atoms with E-state index >= 15 is 0 Å². The van der Waals surface area contributed by atoms with E-state index in [4.69, 9.17) is 10.8 Å². The summed E-state index contributed by atoms with van der Waals surface area (Å²) in [6.07, 6.45) is 1.11. The molecule has 96 valence electrons. The Kier molecular flexibility index (Phi) is 3.50. The number of anilines is 1. The van der Waals surface area contributed by atoms with Gasteiger partial charge in [0.15, 0.2) is 0 Å². The predicted molar refractivity (Wildman–Crippen MR) is 67.5 cm³/mol. The number of nitrogens with zero attached hydrogens (tertiary/aromatic N) is 1. The number of carboxylic acids is 1. The maximum atomic E-state index is 11.0. The van der Waals surface area contributed by atoms with Gasteiger partial charge < -0.3 is 15.7 Å². The van der Waals surface area contributed by atoms with Crippen LogP contribution in [0.3, 0.4) is 0 Å². The molecule has 1 aromatic carbocycles. The smallest absolute Gasteiger partial charge is 0.303 e. The van der Waals surface area contributed by atoms with E-state index in [2.05, 4.69) is 4.90 Å². The lowest BCUT2D eigenvalue weighted by Crippen LogP contribution is -2.20.